The average Bonchev–Trinajstić information content (AvgIpc) is 2.29. The fourth-order valence-corrected chi connectivity index (χ4v) is 1.71. The van der Waals surface area contributed by atoms with E-state index in [2.05, 4.69) is 5.32 Å². The Labute approximate surface area is 103 Å². The van der Waals surface area contributed by atoms with Crippen molar-refractivity contribution in [2.24, 2.45) is 5.73 Å². The Morgan fingerprint density at radius 3 is 2.82 bits per heavy atom. The average molecular weight is 260 g/mol. The molecule has 17 heavy (non-hydrogen) atoms. The summed E-state index contributed by atoms with van der Waals surface area (Å²) in [6.45, 7) is 2.37. The Hall–Kier alpha value is -1.14. The first-order valence-electron chi connectivity index (χ1n) is 5.09. The first kappa shape index (κ1) is 13.9. The van der Waals surface area contributed by atoms with Crippen molar-refractivity contribution in [1.82, 2.24) is 0 Å². The zero-order valence-electron chi connectivity index (χ0n) is 9.37. The predicted octanol–water partition coefficient (Wildman–Crippen LogP) is 1.98. The minimum atomic E-state index is -0.782. The second-order valence-corrected chi connectivity index (χ2v) is 4.96. The lowest BCUT2D eigenvalue weighted by Crippen LogP contribution is -2.19. The molecule has 1 aromatic rings. The molecule has 0 saturated carbocycles. The predicted molar refractivity (Wildman–Crippen MR) is 66.0 cm³/mol. The molecule has 1 rings (SSSR count). The fourth-order valence-electron chi connectivity index (χ4n) is 1.06. The number of benzene rings is 1. The number of nitrogens with one attached hydrogen (secondary N) is 1. The summed E-state index contributed by atoms with van der Waals surface area (Å²) in [4.78, 5) is 11.4. The van der Waals surface area contributed by atoms with Crippen molar-refractivity contribution in [1.29, 1.82) is 0 Å². The Balaban J connectivity index is 2.50. The second kappa shape index (κ2) is 6.56. The number of hydrogen-bond donors (Lipinski definition) is 2. The standard InChI is InChI=1S/C11H14F2N2OS/c1-7(5-14)17-6-11(16)15-10-3-2-8(12)4-9(10)13/h2-4,7H,5-6,14H2,1H3,(H,15,16). The maximum atomic E-state index is 13.2. The van der Waals surface area contributed by atoms with Crippen LogP contribution in [-0.4, -0.2) is 23.5 Å². The minimum Gasteiger partial charge on any atom is -0.329 e. The first-order valence-corrected chi connectivity index (χ1v) is 6.14. The molecule has 0 aliphatic rings. The fraction of sp³-hybridized carbons (Fsp3) is 0.364. The largest absolute Gasteiger partial charge is 0.329 e. The highest BCUT2D eigenvalue weighted by molar-refractivity contribution is 8.00. The summed E-state index contributed by atoms with van der Waals surface area (Å²) in [5.74, 6) is -1.60. The smallest absolute Gasteiger partial charge is 0.234 e. The number of rotatable bonds is 5. The molecule has 0 fully saturated rings. The molecule has 0 aromatic heterocycles. The van der Waals surface area contributed by atoms with Gasteiger partial charge in [0.25, 0.3) is 0 Å². The van der Waals surface area contributed by atoms with Crippen LogP contribution in [0.3, 0.4) is 0 Å². The van der Waals surface area contributed by atoms with Crippen LogP contribution >= 0.6 is 11.8 Å². The summed E-state index contributed by atoms with van der Waals surface area (Å²) in [5, 5.41) is 2.54. The third-order valence-electron chi connectivity index (χ3n) is 2.04. The molecular formula is C11H14F2N2OS. The summed E-state index contributed by atoms with van der Waals surface area (Å²) in [5.41, 5.74) is 5.38. The van der Waals surface area contributed by atoms with Crippen molar-refractivity contribution in [3.8, 4) is 0 Å². The van der Waals surface area contributed by atoms with Gasteiger partial charge < -0.3 is 11.1 Å². The molecule has 1 aromatic carbocycles. The lowest BCUT2D eigenvalue weighted by molar-refractivity contribution is -0.113. The van der Waals surface area contributed by atoms with Gasteiger partial charge in [-0.05, 0) is 12.1 Å². The van der Waals surface area contributed by atoms with Crippen molar-refractivity contribution in [3.05, 3.63) is 29.8 Å². The topological polar surface area (TPSA) is 55.1 Å². The minimum absolute atomic E-state index is 0.0163. The molecule has 0 aliphatic heterocycles. The van der Waals surface area contributed by atoms with Crippen LogP contribution < -0.4 is 11.1 Å². The van der Waals surface area contributed by atoms with Gasteiger partial charge in [-0.2, -0.15) is 0 Å². The Bertz CT molecular complexity index is 401. The molecule has 0 aliphatic carbocycles. The van der Waals surface area contributed by atoms with Crippen LogP contribution in [-0.2, 0) is 4.79 Å². The van der Waals surface area contributed by atoms with Gasteiger partial charge in [-0.15, -0.1) is 11.8 Å². The molecule has 0 saturated heterocycles. The van der Waals surface area contributed by atoms with E-state index in [4.69, 9.17) is 5.73 Å². The number of nitrogens with two attached hydrogens (primary N) is 1. The van der Waals surface area contributed by atoms with E-state index < -0.39 is 11.6 Å². The molecule has 1 amide bonds. The Morgan fingerprint density at radius 2 is 2.24 bits per heavy atom. The quantitative estimate of drug-likeness (QED) is 0.851. The lowest BCUT2D eigenvalue weighted by Gasteiger charge is -2.09. The van der Waals surface area contributed by atoms with Gasteiger partial charge in [-0.25, -0.2) is 8.78 Å². The number of carbonyl (C=O) groups is 1. The van der Waals surface area contributed by atoms with Gasteiger partial charge in [0.1, 0.15) is 11.6 Å². The third kappa shape index (κ3) is 4.70. The molecule has 3 N–H and O–H groups in total. The number of hydrogen-bond acceptors (Lipinski definition) is 3. The zero-order valence-corrected chi connectivity index (χ0v) is 10.2. The molecule has 0 spiro atoms. The van der Waals surface area contributed by atoms with Crippen molar-refractivity contribution in [2.45, 2.75) is 12.2 Å². The van der Waals surface area contributed by atoms with Gasteiger partial charge in [0.05, 0.1) is 11.4 Å². The van der Waals surface area contributed by atoms with E-state index >= 15 is 0 Å². The summed E-state index contributed by atoms with van der Waals surface area (Å²) >= 11 is 1.38. The Kier molecular flexibility index (Phi) is 5.37. The van der Waals surface area contributed by atoms with Crippen molar-refractivity contribution < 1.29 is 13.6 Å². The third-order valence-corrected chi connectivity index (χ3v) is 3.23. The zero-order chi connectivity index (χ0) is 12.8. The summed E-state index contributed by atoms with van der Waals surface area (Å²) in [7, 11) is 0. The van der Waals surface area contributed by atoms with Gasteiger partial charge in [0, 0.05) is 17.9 Å². The van der Waals surface area contributed by atoms with Gasteiger partial charge >= 0.3 is 0 Å². The van der Waals surface area contributed by atoms with Gasteiger partial charge in [-0.3, -0.25) is 4.79 Å². The van der Waals surface area contributed by atoms with Gasteiger partial charge in [-0.1, -0.05) is 6.92 Å². The molecule has 0 radical (unpaired) electrons. The number of amides is 1. The van der Waals surface area contributed by atoms with E-state index in [1.165, 1.54) is 17.8 Å². The van der Waals surface area contributed by atoms with Crippen molar-refractivity contribution in [3.63, 3.8) is 0 Å². The number of thioether (sulfide) groups is 1. The van der Waals surface area contributed by atoms with Crippen LogP contribution in [0.15, 0.2) is 18.2 Å². The van der Waals surface area contributed by atoms with E-state index in [9.17, 15) is 13.6 Å². The molecule has 1 unspecified atom stereocenters. The van der Waals surface area contributed by atoms with Gasteiger partial charge in [0.15, 0.2) is 0 Å². The van der Waals surface area contributed by atoms with E-state index in [0.717, 1.165) is 12.1 Å². The van der Waals surface area contributed by atoms with Crippen LogP contribution in [0.4, 0.5) is 14.5 Å². The monoisotopic (exact) mass is 260 g/mol. The van der Waals surface area contributed by atoms with Gasteiger partial charge in [0.2, 0.25) is 5.91 Å². The SMILES string of the molecule is CC(CN)SCC(=O)Nc1ccc(F)cc1F. The van der Waals surface area contributed by atoms with Crippen LogP contribution in [0.2, 0.25) is 0 Å². The second-order valence-electron chi connectivity index (χ2n) is 3.53. The highest BCUT2D eigenvalue weighted by Crippen LogP contribution is 2.16. The van der Waals surface area contributed by atoms with Crippen LogP contribution in [0.5, 0.6) is 0 Å². The van der Waals surface area contributed by atoms with Crippen molar-refractivity contribution in [2.75, 3.05) is 17.6 Å². The van der Waals surface area contributed by atoms with Crippen molar-refractivity contribution >= 4 is 23.4 Å². The molecule has 6 heteroatoms. The maximum absolute atomic E-state index is 13.2. The van der Waals surface area contributed by atoms with E-state index in [1.807, 2.05) is 6.92 Å². The molecule has 0 bridgehead atoms. The normalized spacial score (nSPS) is 12.2. The molecular weight excluding hydrogens is 246 g/mol. The maximum Gasteiger partial charge on any atom is 0.234 e. The van der Waals surface area contributed by atoms with Crippen LogP contribution in [0.25, 0.3) is 0 Å². The highest BCUT2D eigenvalue weighted by atomic mass is 32.2. The van der Waals surface area contributed by atoms with Crippen LogP contribution in [0, 0.1) is 11.6 Å². The summed E-state index contributed by atoms with van der Waals surface area (Å²) < 4.78 is 25.8. The first-order chi connectivity index (χ1) is 8.02. The van der Waals surface area contributed by atoms with E-state index in [-0.39, 0.29) is 22.6 Å². The molecule has 94 valence electrons. The number of anilines is 1. The molecule has 0 heterocycles. The molecule has 1 atom stereocenters. The lowest BCUT2D eigenvalue weighted by atomic mass is 10.3. The number of carbonyl (C=O) groups excluding carboxylic acids is 1. The molecule has 3 nitrogen and oxygen atoms in total. The summed E-state index contributed by atoms with van der Waals surface area (Å²) in [6, 6.07) is 3.01. The van der Waals surface area contributed by atoms with E-state index in [0.29, 0.717) is 6.54 Å². The highest BCUT2D eigenvalue weighted by Gasteiger charge is 2.09. The number of halogens is 2. The van der Waals surface area contributed by atoms with Crippen LogP contribution in [0.1, 0.15) is 6.92 Å². The summed E-state index contributed by atoms with van der Waals surface area (Å²) in [6.07, 6.45) is 0. The Morgan fingerprint density at radius 1 is 1.53 bits per heavy atom. The van der Waals surface area contributed by atoms with E-state index in [1.54, 1.807) is 0 Å².